The zero-order valence-electron chi connectivity index (χ0n) is 10.2. The van der Waals surface area contributed by atoms with Gasteiger partial charge in [0.2, 0.25) is 0 Å². The number of nitrogen functional groups attached to an aromatic ring is 1. The molecule has 0 saturated heterocycles. The van der Waals surface area contributed by atoms with Gasteiger partial charge in [-0.3, -0.25) is 0 Å². The lowest BCUT2D eigenvalue weighted by atomic mass is 10.2. The van der Waals surface area contributed by atoms with Crippen LogP contribution in [0.1, 0.15) is 0 Å². The molecule has 0 spiro atoms. The molecule has 3 rings (SSSR count). The fourth-order valence-corrected chi connectivity index (χ4v) is 2.92. The van der Waals surface area contributed by atoms with Crippen LogP contribution in [-0.2, 0) is 0 Å². The highest BCUT2D eigenvalue weighted by Crippen LogP contribution is 2.23. The van der Waals surface area contributed by atoms with Crippen molar-refractivity contribution in [1.82, 2.24) is 19.7 Å². The third kappa shape index (κ3) is 2.59. The van der Waals surface area contributed by atoms with Gasteiger partial charge in [0.1, 0.15) is 6.33 Å². The smallest absolute Gasteiger partial charge is 0.181 e. The van der Waals surface area contributed by atoms with Gasteiger partial charge in [0.15, 0.2) is 11.6 Å². The highest BCUT2D eigenvalue weighted by Gasteiger charge is 2.09. The number of hydrogen-bond donors (Lipinski definition) is 1. The second-order valence-electron chi connectivity index (χ2n) is 4.10. The minimum absolute atomic E-state index is 0.605. The van der Waals surface area contributed by atoms with Gasteiger partial charge in [-0.1, -0.05) is 12.1 Å². The molecule has 0 aliphatic carbocycles. The van der Waals surface area contributed by atoms with E-state index in [0.29, 0.717) is 17.3 Å². The molecule has 0 bridgehead atoms. The molecular weight excluding hydrogens is 386 g/mol. The SMILES string of the molecule is Nc1cccc(-c2ncn(-c3ncc(Br)cc3Br)n2)c1. The van der Waals surface area contributed by atoms with E-state index in [2.05, 4.69) is 46.9 Å². The van der Waals surface area contributed by atoms with E-state index in [-0.39, 0.29) is 0 Å². The Kier molecular flexibility index (Phi) is 3.54. The first-order valence-corrected chi connectivity index (χ1v) is 7.31. The molecule has 2 heterocycles. The highest BCUT2D eigenvalue weighted by molar-refractivity contribution is 9.11. The predicted molar refractivity (Wildman–Crippen MR) is 84.4 cm³/mol. The minimum atomic E-state index is 0.605. The lowest BCUT2D eigenvalue weighted by molar-refractivity contribution is 0.842. The van der Waals surface area contributed by atoms with Crippen molar-refractivity contribution >= 4 is 37.5 Å². The van der Waals surface area contributed by atoms with Crippen molar-refractivity contribution < 1.29 is 0 Å². The van der Waals surface area contributed by atoms with E-state index >= 15 is 0 Å². The summed E-state index contributed by atoms with van der Waals surface area (Å²) in [5.74, 6) is 1.28. The summed E-state index contributed by atoms with van der Waals surface area (Å²) in [6.45, 7) is 0. The fraction of sp³-hybridized carbons (Fsp3) is 0. The summed E-state index contributed by atoms with van der Waals surface area (Å²) >= 11 is 6.83. The number of halogens is 2. The molecule has 3 aromatic rings. The van der Waals surface area contributed by atoms with E-state index < -0.39 is 0 Å². The molecule has 0 saturated carbocycles. The van der Waals surface area contributed by atoms with E-state index in [1.807, 2.05) is 30.3 Å². The highest BCUT2D eigenvalue weighted by atomic mass is 79.9. The summed E-state index contributed by atoms with van der Waals surface area (Å²) in [4.78, 5) is 8.61. The van der Waals surface area contributed by atoms with Crippen molar-refractivity contribution in [2.45, 2.75) is 0 Å². The number of benzene rings is 1. The van der Waals surface area contributed by atoms with Gasteiger partial charge in [0.25, 0.3) is 0 Å². The number of rotatable bonds is 2. The van der Waals surface area contributed by atoms with Crippen LogP contribution in [0.15, 0.2) is 51.8 Å². The van der Waals surface area contributed by atoms with Gasteiger partial charge in [0.05, 0.1) is 4.47 Å². The molecule has 2 aromatic heterocycles. The van der Waals surface area contributed by atoms with Crippen LogP contribution in [0.25, 0.3) is 17.2 Å². The molecule has 0 unspecified atom stereocenters. The van der Waals surface area contributed by atoms with E-state index in [1.165, 1.54) is 0 Å². The van der Waals surface area contributed by atoms with Crippen LogP contribution in [0.4, 0.5) is 5.69 Å². The van der Waals surface area contributed by atoms with Crippen molar-refractivity contribution in [2.75, 3.05) is 5.73 Å². The lowest BCUT2D eigenvalue weighted by Crippen LogP contribution is -1.99. The molecule has 0 aliphatic heterocycles. The van der Waals surface area contributed by atoms with Gasteiger partial charge in [-0.25, -0.2) is 14.6 Å². The number of hydrogen-bond acceptors (Lipinski definition) is 4. The molecule has 0 aliphatic rings. The van der Waals surface area contributed by atoms with E-state index in [0.717, 1.165) is 14.5 Å². The average molecular weight is 395 g/mol. The Morgan fingerprint density at radius 1 is 1.10 bits per heavy atom. The van der Waals surface area contributed by atoms with Crippen LogP contribution in [0.3, 0.4) is 0 Å². The molecule has 2 N–H and O–H groups in total. The Morgan fingerprint density at radius 2 is 1.95 bits per heavy atom. The minimum Gasteiger partial charge on any atom is -0.399 e. The Balaban J connectivity index is 2.02. The number of nitrogens with two attached hydrogens (primary N) is 1. The summed E-state index contributed by atoms with van der Waals surface area (Å²) in [7, 11) is 0. The first-order valence-electron chi connectivity index (χ1n) is 5.72. The molecule has 5 nitrogen and oxygen atoms in total. The number of nitrogens with zero attached hydrogens (tertiary/aromatic N) is 4. The van der Waals surface area contributed by atoms with Crippen LogP contribution >= 0.6 is 31.9 Å². The Bertz CT molecular complexity index is 769. The maximum absolute atomic E-state index is 5.77. The Morgan fingerprint density at radius 3 is 2.70 bits per heavy atom. The first kappa shape index (κ1) is 13.3. The van der Waals surface area contributed by atoms with Crippen molar-refractivity contribution in [3.63, 3.8) is 0 Å². The molecule has 0 fully saturated rings. The summed E-state index contributed by atoms with van der Waals surface area (Å²) in [5.41, 5.74) is 7.32. The average Bonchev–Trinajstić information content (AvgIpc) is 2.88. The third-order valence-corrected chi connectivity index (χ3v) is 3.66. The van der Waals surface area contributed by atoms with Crippen LogP contribution < -0.4 is 5.73 Å². The number of anilines is 1. The van der Waals surface area contributed by atoms with E-state index in [1.54, 1.807) is 17.2 Å². The Hall–Kier alpha value is -1.73. The largest absolute Gasteiger partial charge is 0.399 e. The number of aromatic nitrogens is 4. The maximum Gasteiger partial charge on any atom is 0.181 e. The van der Waals surface area contributed by atoms with Crippen LogP contribution in [0.5, 0.6) is 0 Å². The van der Waals surface area contributed by atoms with Gasteiger partial charge < -0.3 is 5.73 Å². The molecule has 1 aromatic carbocycles. The second-order valence-corrected chi connectivity index (χ2v) is 5.87. The summed E-state index contributed by atoms with van der Waals surface area (Å²) < 4.78 is 3.34. The molecular formula is C13H9Br2N5. The molecule has 20 heavy (non-hydrogen) atoms. The standard InChI is InChI=1S/C13H9Br2N5/c14-9-5-11(15)13(17-6-9)20-7-18-12(19-20)8-2-1-3-10(16)4-8/h1-7H,16H2. The van der Waals surface area contributed by atoms with Crippen LogP contribution in [0.2, 0.25) is 0 Å². The summed E-state index contributed by atoms with van der Waals surface area (Å²) in [5, 5.41) is 4.42. The van der Waals surface area contributed by atoms with Gasteiger partial charge in [-0.05, 0) is 50.1 Å². The Labute approximate surface area is 132 Å². The quantitative estimate of drug-likeness (QED) is 0.676. The van der Waals surface area contributed by atoms with Crippen LogP contribution in [-0.4, -0.2) is 19.7 Å². The second kappa shape index (κ2) is 5.34. The fourth-order valence-electron chi connectivity index (χ4n) is 1.75. The summed E-state index contributed by atoms with van der Waals surface area (Å²) in [6, 6.07) is 9.36. The monoisotopic (exact) mass is 393 g/mol. The van der Waals surface area contributed by atoms with Crippen molar-refractivity contribution in [3.05, 3.63) is 51.8 Å². The molecule has 100 valence electrons. The van der Waals surface area contributed by atoms with Crippen molar-refractivity contribution in [2.24, 2.45) is 0 Å². The van der Waals surface area contributed by atoms with E-state index in [4.69, 9.17) is 5.73 Å². The lowest BCUT2D eigenvalue weighted by Gasteiger charge is -2.02. The zero-order valence-corrected chi connectivity index (χ0v) is 13.3. The molecule has 0 atom stereocenters. The molecule has 0 radical (unpaired) electrons. The normalized spacial score (nSPS) is 10.7. The molecule has 7 heteroatoms. The zero-order chi connectivity index (χ0) is 14.1. The van der Waals surface area contributed by atoms with Gasteiger partial charge >= 0.3 is 0 Å². The van der Waals surface area contributed by atoms with Crippen LogP contribution in [0, 0.1) is 0 Å². The first-order chi connectivity index (χ1) is 9.63. The van der Waals surface area contributed by atoms with Gasteiger partial charge in [0, 0.05) is 21.9 Å². The third-order valence-electron chi connectivity index (χ3n) is 2.64. The topological polar surface area (TPSA) is 69.6 Å². The number of pyridine rings is 1. The van der Waals surface area contributed by atoms with Crippen molar-refractivity contribution in [3.8, 4) is 17.2 Å². The predicted octanol–water partition coefficient (Wildman–Crippen LogP) is 3.44. The van der Waals surface area contributed by atoms with E-state index in [9.17, 15) is 0 Å². The van der Waals surface area contributed by atoms with Gasteiger partial charge in [-0.15, -0.1) is 5.10 Å². The molecule has 0 amide bonds. The summed E-state index contributed by atoms with van der Waals surface area (Å²) in [6.07, 6.45) is 3.33. The van der Waals surface area contributed by atoms with Gasteiger partial charge in [-0.2, -0.15) is 0 Å². The maximum atomic E-state index is 5.77. The van der Waals surface area contributed by atoms with Crippen molar-refractivity contribution in [1.29, 1.82) is 0 Å².